The molecule has 6 heteroatoms. The van der Waals surface area contributed by atoms with E-state index in [9.17, 15) is 0 Å². The van der Waals surface area contributed by atoms with Gasteiger partial charge in [0.2, 0.25) is 0 Å². The SMILES string of the molecule is CCc1nn(CC)c(CNCC2COCCO2)c1Br. The summed E-state index contributed by atoms with van der Waals surface area (Å²) in [5.74, 6) is 0. The van der Waals surface area contributed by atoms with Gasteiger partial charge in [0.1, 0.15) is 0 Å². The van der Waals surface area contributed by atoms with E-state index in [4.69, 9.17) is 9.47 Å². The molecule has 108 valence electrons. The van der Waals surface area contributed by atoms with E-state index in [1.807, 2.05) is 4.68 Å². The normalized spacial score (nSPS) is 19.8. The van der Waals surface area contributed by atoms with Crippen molar-refractivity contribution in [2.24, 2.45) is 0 Å². The van der Waals surface area contributed by atoms with Crippen LogP contribution in [0.3, 0.4) is 0 Å². The number of hydrogen-bond donors (Lipinski definition) is 1. The van der Waals surface area contributed by atoms with Crippen molar-refractivity contribution in [3.63, 3.8) is 0 Å². The number of hydrogen-bond acceptors (Lipinski definition) is 4. The van der Waals surface area contributed by atoms with Gasteiger partial charge in [-0.1, -0.05) is 6.92 Å². The van der Waals surface area contributed by atoms with Crippen molar-refractivity contribution in [1.82, 2.24) is 15.1 Å². The van der Waals surface area contributed by atoms with Crippen LogP contribution in [0.1, 0.15) is 25.2 Å². The maximum Gasteiger partial charge on any atom is 0.0933 e. The van der Waals surface area contributed by atoms with Crippen molar-refractivity contribution < 1.29 is 9.47 Å². The highest BCUT2D eigenvalue weighted by Gasteiger charge is 2.16. The summed E-state index contributed by atoms with van der Waals surface area (Å²) in [5, 5.41) is 8.01. The summed E-state index contributed by atoms with van der Waals surface area (Å²) in [4.78, 5) is 0. The number of aryl methyl sites for hydroxylation is 2. The maximum absolute atomic E-state index is 5.61. The molecule has 2 rings (SSSR count). The number of nitrogens with zero attached hydrogens (tertiary/aromatic N) is 2. The Morgan fingerprint density at radius 3 is 2.89 bits per heavy atom. The van der Waals surface area contributed by atoms with E-state index in [1.165, 1.54) is 5.69 Å². The Kier molecular flexibility index (Phi) is 5.81. The number of rotatable bonds is 6. The van der Waals surface area contributed by atoms with Crippen molar-refractivity contribution in [3.8, 4) is 0 Å². The third kappa shape index (κ3) is 3.78. The monoisotopic (exact) mass is 331 g/mol. The first-order valence-corrected chi connectivity index (χ1v) is 7.69. The molecule has 1 atom stereocenters. The highest BCUT2D eigenvalue weighted by atomic mass is 79.9. The molecule has 0 amide bonds. The lowest BCUT2D eigenvalue weighted by Crippen LogP contribution is -2.37. The molecule has 1 aromatic heterocycles. The molecule has 0 spiro atoms. The fraction of sp³-hybridized carbons (Fsp3) is 0.769. The van der Waals surface area contributed by atoms with E-state index < -0.39 is 0 Å². The van der Waals surface area contributed by atoms with Crippen LogP contribution in [0.4, 0.5) is 0 Å². The first-order chi connectivity index (χ1) is 9.26. The van der Waals surface area contributed by atoms with Crippen LogP contribution in [0.5, 0.6) is 0 Å². The molecule has 0 aromatic carbocycles. The van der Waals surface area contributed by atoms with Gasteiger partial charge < -0.3 is 14.8 Å². The van der Waals surface area contributed by atoms with Gasteiger partial charge in [-0.2, -0.15) is 5.10 Å². The van der Waals surface area contributed by atoms with E-state index in [0.717, 1.165) is 36.2 Å². The summed E-state index contributed by atoms with van der Waals surface area (Å²) in [5.41, 5.74) is 2.33. The molecule has 5 nitrogen and oxygen atoms in total. The topological polar surface area (TPSA) is 48.3 Å². The first kappa shape index (κ1) is 15.0. The van der Waals surface area contributed by atoms with Crippen LogP contribution in [0.25, 0.3) is 0 Å². The largest absolute Gasteiger partial charge is 0.376 e. The summed E-state index contributed by atoms with van der Waals surface area (Å²) in [6.45, 7) is 8.82. The molecule has 0 radical (unpaired) electrons. The van der Waals surface area contributed by atoms with Crippen LogP contribution in [0.2, 0.25) is 0 Å². The minimum absolute atomic E-state index is 0.163. The summed E-state index contributed by atoms with van der Waals surface area (Å²) in [6, 6.07) is 0. The van der Waals surface area contributed by atoms with Crippen LogP contribution >= 0.6 is 15.9 Å². The predicted molar refractivity (Wildman–Crippen MR) is 77.2 cm³/mol. The molecule has 1 saturated heterocycles. The van der Waals surface area contributed by atoms with Crippen LogP contribution < -0.4 is 5.32 Å². The Balaban J connectivity index is 1.89. The van der Waals surface area contributed by atoms with Crippen LogP contribution in [-0.2, 0) is 29.0 Å². The minimum atomic E-state index is 0.163. The second-order valence-corrected chi connectivity index (χ2v) is 5.37. The minimum Gasteiger partial charge on any atom is -0.376 e. The average Bonchev–Trinajstić information content (AvgIpc) is 2.76. The lowest BCUT2D eigenvalue weighted by Gasteiger charge is -2.23. The van der Waals surface area contributed by atoms with Crippen molar-refractivity contribution >= 4 is 15.9 Å². The van der Waals surface area contributed by atoms with Crippen LogP contribution in [0.15, 0.2) is 4.47 Å². The molecular weight excluding hydrogens is 310 g/mol. The Morgan fingerprint density at radius 2 is 2.26 bits per heavy atom. The fourth-order valence-electron chi connectivity index (χ4n) is 2.19. The van der Waals surface area contributed by atoms with Crippen LogP contribution in [0, 0.1) is 0 Å². The van der Waals surface area contributed by atoms with E-state index in [1.54, 1.807) is 0 Å². The smallest absolute Gasteiger partial charge is 0.0933 e. The van der Waals surface area contributed by atoms with Gasteiger partial charge in [0.05, 0.1) is 41.8 Å². The maximum atomic E-state index is 5.61. The molecule has 1 aliphatic rings. The number of nitrogens with one attached hydrogen (secondary N) is 1. The van der Waals surface area contributed by atoms with Gasteiger partial charge in [0.25, 0.3) is 0 Å². The van der Waals surface area contributed by atoms with E-state index in [2.05, 4.69) is 40.2 Å². The highest BCUT2D eigenvalue weighted by molar-refractivity contribution is 9.10. The van der Waals surface area contributed by atoms with Gasteiger partial charge in [-0.3, -0.25) is 4.68 Å². The molecule has 2 heterocycles. The van der Waals surface area contributed by atoms with E-state index >= 15 is 0 Å². The molecule has 1 aromatic rings. The van der Waals surface area contributed by atoms with Crippen molar-refractivity contribution in [2.45, 2.75) is 39.5 Å². The summed E-state index contributed by atoms with van der Waals surface area (Å²) in [7, 11) is 0. The molecular formula is C13H22BrN3O2. The molecule has 1 fully saturated rings. The van der Waals surface area contributed by atoms with E-state index in [0.29, 0.717) is 19.8 Å². The molecule has 1 N–H and O–H groups in total. The molecule has 1 aliphatic heterocycles. The zero-order chi connectivity index (χ0) is 13.7. The number of ether oxygens (including phenoxy) is 2. The number of aromatic nitrogens is 2. The Morgan fingerprint density at radius 1 is 1.42 bits per heavy atom. The zero-order valence-corrected chi connectivity index (χ0v) is 13.2. The summed E-state index contributed by atoms with van der Waals surface area (Å²) < 4.78 is 14.2. The molecule has 19 heavy (non-hydrogen) atoms. The van der Waals surface area contributed by atoms with E-state index in [-0.39, 0.29) is 6.10 Å². The quantitative estimate of drug-likeness (QED) is 0.862. The third-order valence-electron chi connectivity index (χ3n) is 3.24. The lowest BCUT2D eigenvalue weighted by molar-refractivity contribution is -0.0864. The first-order valence-electron chi connectivity index (χ1n) is 6.90. The van der Waals surface area contributed by atoms with Crippen molar-refractivity contribution in [1.29, 1.82) is 0 Å². The zero-order valence-electron chi connectivity index (χ0n) is 11.6. The molecule has 1 unspecified atom stereocenters. The molecule has 0 saturated carbocycles. The molecule has 0 aliphatic carbocycles. The number of halogens is 1. The van der Waals surface area contributed by atoms with Crippen molar-refractivity contribution in [3.05, 3.63) is 15.9 Å². The third-order valence-corrected chi connectivity index (χ3v) is 4.16. The Hall–Kier alpha value is -0.430. The Bertz CT molecular complexity index is 403. The van der Waals surface area contributed by atoms with Gasteiger partial charge in [-0.25, -0.2) is 0 Å². The fourth-order valence-corrected chi connectivity index (χ4v) is 2.90. The van der Waals surface area contributed by atoms with Crippen LogP contribution in [-0.4, -0.2) is 42.2 Å². The van der Waals surface area contributed by atoms with Crippen molar-refractivity contribution in [2.75, 3.05) is 26.4 Å². The van der Waals surface area contributed by atoms with Gasteiger partial charge in [0.15, 0.2) is 0 Å². The summed E-state index contributed by atoms with van der Waals surface area (Å²) in [6.07, 6.45) is 1.11. The average molecular weight is 332 g/mol. The van der Waals surface area contributed by atoms with Gasteiger partial charge in [-0.05, 0) is 29.3 Å². The lowest BCUT2D eigenvalue weighted by atomic mass is 10.3. The van der Waals surface area contributed by atoms with Gasteiger partial charge in [0, 0.05) is 19.6 Å². The highest BCUT2D eigenvalue weighted by Crippen LogP contribution is 2.22. The molecule has 0 bridgehead atoms. The van der Waals surface area contributed by atoms with Gasteiger partial charge >= 0.3 is 0 Å². The summed E-state index contributed by atoms with van der Waals surface area (Å²) >= 11 is 3.65. The van der Waals surface area contributed by atoms with Gasteiger partial charge in [-0.15, -0.1) is 0 Å². The predicted octanol–water partition coefficient (Wildman–Crippen LogP) is 1.73. The standard InChI is InChI=1S/C13H22BrN3O2/c1-3-11-13(14)12(17(4-2)16-11)8-15-7-10-9-18-5-6-19-10/h10,15H,3-9H2,1-2H3. The Labute approximate surface area is 122 Å². The second kappa shape index (κ2) is 7.38. The second-order valence-electron chi connectivity index (χ2n) is 4.58.